The topological polar surface area (TPSA) is 72.2 Å². The van der Waals surface area contributed by atoms with Crippen LogP contribution in [0, 0.1) is 6.92 Å². The molecule has 1 aromatic heterocycles. The summed E-state index contributed by atoms with van der Waals surface area (Å²) in [6, 6.07) is 6.45. The van der Waals surface area contributed by atoms with Crippen molar-refractivity contribution < 1.29 is 8.42 Å². The summed E-state index contributed by atoms with van der Waals surface area (Å²) >= 11 is 1.54. The van der Waals surface area contributed by atoms with Crippen molar-refractivity contribution >= 4 is 27.0 Å². The normalized spacial score (nSPS) is 13.4. The van der Waals surface area contributed by atoms with Crippen molar-refractivity contribution in [3.63, 3.8) is 0 Å². The Balaban J connectivity index is 2.27. The first-order valence-corrected chi connectivity index (χ1v) is 8.23. The summed E-state index contributed by atoms with van der Waals surface area (Å²) in [4.78, 5) is 0.201. The van der Waals surface area contributed by atoms with Crippen LogP contribution in [0.2, 0.25) is 0 Å². The largest absolute Gasteiger partial charge is 0.399 e. The number of anilines is 1. The lowest BCUT2D eigenvalue weighted by Gasteiger charge is -2.14. The maximum Gasteiger partial charge on any atom is 0.241 e. The third-order valence-corrected chi connectivity index (χ3v) is 4.98. The zero-order valence-corrected chi connectivity index (χ0v) is 12.4. The first-order chi connectivity index (χ1) is 8.88. The van der Waals surface area contributed by atoms with E-state index < -0.39 is 10.0 Å². The lowest BCUT2D eigenvalue weighted by atomic mass is 10.2. The van der Waals surface area contributed by atoms with Crippen molar-refractivity contribution in [2.75, 3.05) is 5.73 Å². The van der Waals surface area contributed by atoms with Crippen molar-refractivity contribution in [1.82, 2.24) is 4.72 Å². The molecule has 0 aliphatic heterocycles. The first kappa shape index (κ1) is 14.0. The molecule has 4 nitrogen and oxygen atoms in total. The maximum absolute atomic E-state index is 12.3. The summed E-state index contributed by atoms with van der Waals surface area (Å²) in [6.07, 6.45) is 0. The van der Waals surface area contributed by atoms with Crippen LogP contribution in [0.25, 0.3) is 0 Å². The number of nitrogen functional groups attached to an aromatic ring is 1. The predicted octanol–water partition coefficient (Wildman–Crippen LogP) is 2.68. The maximum atomic E-state index is 12.3. The summed E-state index contributed by atoms with van der Waals surface area (Å²) in [5.41, 5.74) is 7.91. The number of thiophene rings is 1. The highest BCUT2D eigenvalue weighted by Crippen LogP contribution is 2.21. The molecule has 1 unspecified atom stereocenters. The van der Waals surface area contributed by atoms with Crippen LogP contribution in [0.3, 0.4) is 0 Å². The average Bonchev–Trinajstić information content (AvgIpc) is 2.80. The molecule has 0 spiro atoms. The fourth-order valence-corrected chi connectivity index (χ4v) is 3.95. The van der Waals surface area contributed by atoms with E-state index in [0.29, 0.717) is 5.69 Å². The smallest absolute Gasteiger partial charge is 0.241 e. The molecule has 102 valence electrons. The SMILES string of the molecule is Cc1cc(N)cc(S(=O)(=O)NC(C)c2ccsc2)c1. The van der Waals surface area contributed by atoms with Crippen LogP contribution in [0.5, 0.6) is 0 Å². The summed E-state index contributed by atoms with van der Waals surface area (Å²) < 4.78 is 27.2. The molecule has 0 bridgehead atoms. The average molecular weight is 296 g/mol. The highest BCUT2D eigenvalue weighted by Gasteiger charge is 2.19. The van der Waals surface area contributed by atoms with E-state index in [0.717, 1.165) is 11.1 Å². The third kappa shape index (κ3) is 3.34. The summed E-state index contributed by atoms with van der Waals surface area (Å²) in [6.45, 7) is 3.64. The van der Waals surface area contributed by atoms with Crippen LogP contribution in [-0.2, 0) is 10.0 Å². The van der Waals surface area contributed by atoms with E-state index in [1.165, 1.54) is 17.4 Å². The van der Waals surface area contributed by atoms with Crippen LogP contribution in [0.15, 0.2) is 39.9 Å². The van der Waals surface area contributed by atoms with Gasteiger partial charge in [0.15, 0.2) is 0 Å². The Morgan fingerprint density at radius 2 is 2.05 bits per heavy atom. The second-order valence-corrected chi connectivity index (χ2v) is 6.97. The molecule has 0 saturated heterocycles. The molecule has 19 heavy (non-hydrogen) atoms. The van der Waals surface area contributed by atoms with Crippen LogP contribution >= 0.6 is 11.3 Å². The Morgan fingerprint density at radius 1 is 1.32 bits per heavy atom. The van der Waals surface area contributed by atoms with Crippen molar-refractivity contribution in [2.24, 2.45) is 0 Å². The minimum Gasteiger partial charge on any atom is -0.399 e. The molecule has 2 aromatic rings. The van der Waals surface area contributed by atoms with Crippen molar-refractivity contribution in [1.29, 1.82) is 0 Å². The molecule has 0 amide bonds. The van der Waals surface area contributed by atoms with Gasteiger partial charge in [0.2, 0.25) is 10.0 Å². The van der Waals surface area contributed by atoms with Gasteiger partial charge in [0.05, 0.1) is 4.90 Å². The molecule has 0 radical (unpaired) electrons. The highest BCUT2D eigenvalue weighted by molar-refractivity contribution is 7.89. The van der Waals surface area contributed by atoms with E-state index in [4.69, 9.17) is 5.73 Å². The van der Waals surface area contributed by atoms with Gasteiger partial charge in [-0.25, -0.2) is 13.1 Å². The number of nitrogens with two attached hydrogens (primary N) is 1. The lowest BCUT2D eigenvalue weighted by Crippen LogP contribution is -2.26. The number of sulfonamides is 1. The van der Waals surface area contributed by atoms with Crippen molar-refractivity contribution in [3.05, 3.63) is 46.2 Å². The predicted molar refractivity (Wildman–Crippen MR) is 78.6 cm³/mol. The second-order valence-electron chi connectivity index (χ2n) is 4.48. The molecule has 1 aromatic carbocycles. The summed E-state index contributed by atoms with van der Waals surface area (Å²) in [7, 11) is -3.56. The van der Waals surface area contributed by atoms with E-state index in [1.807, 2.05) is 30.7 Å². The van der Waals surface area contributed by atoms with Gasteiger partial charge in [0.25, 0.3) is 0 Å². The van der Waals surface area contributed by atoms with Gasteiger partial charge in [0, 0.05) is 11.7 Å². The van der Waals surface area contributed by atoms with Gasteiger partial charge in [-0.1, -0.05) is 0 Å². The van der Waals surface area contributed by atoms with E-state index >= 15 is 0 Å². The van der Waals surface area contributed by atoms with Gasteiger partial charge in [-0.15, -0.1) is 0 Å². The number of hydrogen-bond donors (Lipinski definition) is 2. The Bertz CT molecular complexity index is 644. The van der Waals surface area contributed by atoms with Crippen LogP contribution in [-0.4, -0.2) is 8.42 Å². The van der Waals surface area contributed by atoms with Crippen molar-refractivity contribution in [2.45, 2.75) is 24.8 Å². The number of benzene rings is 1. The van der Waals surface area contributed by atoms with Crippen LogP contribution in [0.1, 0.15) is 24.1 Å². The fraction of sp³-hybridized carbons (Fsp3) is 0.231. The van der Waals surface area contributed by atoms with E-state index in [2.05, 4.69) is 4.72 Å². The monoisotopic (exact) mass is 296 g/mol. The van der Waals surface area contributed by atoms with Crippen molar-refractivity contribution in [3.8, 4) is 0 Å². The Hall–Kier alpha value is -1.37. The molecule has 0 aliphatic rings. The Kier molecular flexibility index (Phi) is 3.93. The molecule has 2 rings (SSSR count). The highest BCUT2D eigenvalue weighted by atomic mass is 32.2. The van der Waals surface area contributed by atoms with Gasteiger partial charge in [0.1, 0.15) is 0 Å². The zero-order valence-electron chi connectivity index (χ0n) is 10.8. The van der Waals surface area contributed by atoms with E-state index in [9.17, 15) is 8.42 Å². The van der Waals surface area contributed by atoms with Gasteiger partial charge in [-0.05, 0) is 60.0 Å². The molecule has 1 atom stereocenters. The molecule has 0 saturated carbocycles. The number of aryl methyl sites for hydroxylation is 1. The standard InChI is InChI=1S/C13H16N2O2S2/c1-9-5-12(14)7-13(6-9)19(16,17)15-10(2)11-3-4-18-8-11/h3-8,10,15H,14H2,1-2H3. The molecular weight excluding hydrogens is 280 g/mol. The van der Waals surface area contributed by atoms with Gasteiger partial charge >= 0.3 is 0 Å². The molecule has 0 fully saturated rings. The minimum atomic E-state index is -3.56. The number of hydrogen-bond acceptors (Lipinski definition) is 4. The molecule has 6 heteroatoms. The first-order valence-electron chi connectivity index (χ1n) is 5.80. The Labute approximate surface area is 117 Å². The van der Waals surface area contributed by atoms with Gasteiger partial charge in [-0.3, -0.25) is 0 Å². The molecule has 3 N–H and O–H groups in total. The summed E-state index contributed by atoms with van der Waals surface area (Å²) in [5.74, 6) is 0. The third-order valence-electron chi connectivity index (χ3n) is 2.76. The molecule has 0 aliphatic carbocycles. The van der Waals surface area contributed by atoms with Crippen LogP contribution in [0.4, 0.5) is 5.69 Å². The summed E-state index contributed by atoms with van der Waals surface area (Å²) in [5, 5.41) is 3.85. The second kappa shape index (κ2) is 5.32. The number of nitrogens with one attached hydrogen (secondary N) is 1. The Morgan fingerprint density at radius 3 is 2.63 bits per heavy atom. The number of rotatable bonds is 4. The zero-order chi connectivity index (χ0) is 14.0. The minimum absolute atomic E-state index is 0.201. The lowest BCUT2D eigenvalue weighted by molar-refractivity contribution is 0.567. The molecule has 1 heterocycles. The fourth-order valence-electron chi connectivity index (χ4n) is 1.82. The van der Waals surface area contributed by atoms with Gasteiger partial charge in [-0.2, -0.15) is 11.3 Å². The molecular formula is C13H16N2O2S2. The van der Waals surface area contributed by atoms with Crippen LogP contribution < -0.4 is 10.5 Å². The van der Waals surface area contributed by atoms with E-state index in [-0.39, 0.29) is 10.9 Å². The van der Waals surface area contributed by atoms with Gasteiger partial charge < -0.3 is 5.73 Å². The van der Waals surface area contributed by atoms with E-state index in [1.54, 1.807) is 12.1 Å². The quantitative estimate of drug-likeness (QED) is 0.852.